The lowest BCUT2D eigenvalue weighted by Gasteiger charge is -2.08. The Morgan fingerprint density at radius 1 is 0.952 bits per heavy atom. The lowest BCUT2D eigenvalue weighted by Crippen LogP contribution is -2.15. The number of ether oxygens (including phenoxy) is 2. The number of esters is 2. The van der Waals surface area contributed by atoms with Crippen molar-refractivity contribution in [3.8, 4) is 5.75 Å². The number of carbonyl (C=O) groups excluding carboxylic acids is 2. The van der Waals surface area contributed by atoms with E-state index in [0.717, 1.165) is 0 Å². The Morgan fingerprint density at radius 3 is 2.33 bits per heavy atom. The zero-order chi connectivity index (χ0) is 15.1. The molecule has 0 aliphatic heterocycles. The highest BCUT2D eigenvalue weighted by Gasteiger charge is 2.15. The second-order valence-electron chi connectivity index (χ2n) is 4.34. The Kier molecular flexibility index (Phi) is 5.10. The van der Waals surface area contributed by atoms with Crippen LogP contribution < -0.4 is 4.74 Å². The first kappa shape index (κ1) is 14.8. The quantitative estimate of drug-likeness (QED) is 0.625. The topological polar surface area (TPSA) is 52.6 Å². The van der Waals surface area contributed by atoms with E-state index >= 15 is 0 Å². The van der Waals surface area contributed by atoms with E-state index in [-0.39, 0.29) is 6.42 Å². The van der Waals surface area contributed by atoms with Gasteiger partial charge in [0.15, 0.2) is 0 Å². The number of carbonyl (C=O) groups is 2. The summed E-state index contributed by atoms with van der Waals surface area (Å²) in [5.74, 6) is -0.366. The minimum Gasteiger partial charge on any atom is -0.462 e. The van der Waals surface area contributed by atoms with Crippen LogP contribution in [0.3, 0.4) is 0 Å². The smallest absolute Gasteiger partial charge is 0.338 e. The zero-order valence-corrected chi connectivity index (χ0v) is 11.7. The summed E-state index contributed by atoms with van der Waals surface area (Å²) in [5, 5.41) is 0. The standard InChI is InChI=1S/C17H16O4/c1-2-20-17(19)15-11-7-6-8-13(15)12-16(18)21-14-9-4-3-5-10-14/h3-11H,2,12H2,1H3. The van der Waals surface area contributed by atoms with E-state index in [0.29, 0.717) is 23.5 Å². The molecule has 2 aromatic carbocycles. The molecule has 108 valence electrons. The Bertz CT molecular complexity index is 620. The van der Waals surface area contributed by atoms with E-state index in [1.165, 1.54) is 0 Å². The lowest BCUT2D eigenvalue weighted by molar-refractivity contribution is -0.133. The van der Waals surface area contributed by atoms with Crippen molar-refractivity contribution in [2.24, 2.45) is 0 Å². The molecule has 0 amide bonds. The Labute approximate surface area is 123 Å². The Balaban J connectivity index is 2.09. The maximum Gasteiger partial charge on any atom is 0.338 e. The van der Waals surface area contributed by atoms with Crippen LogP contribution in [0.5, 0.6) is 5.75 Å². The van der Waals surface area contributed by atoms with Crippen LogP contribution in [0.4, 0.5) is 0 Å². The summed E-state index contributed by atoms with van der Waals surface area (Å²) >= 11 is 0. The average molecular weight is 284 g/mol. The number of hydrogen-bond acceptors (Lipinski definition) is 4. The van der Waals surface area contributed by atoms with Gasteiger partial charge in [0.25, 0.3) is 0 Å². The number of hydrogen-bond donors (Lipinski definition) is 0. The summed E-state index contributed by atoms with van der Waals surface area (Å²) in [7, 11) is 0. The van der Waals surface area contributed by atoms with Crippen LogP contribution in [-0.2, 0) is 16.0 Å². The van der Waals surface area contributed by atoms with Gasteiger partial charge in [-0.05, 0) is 30.7 Å². The van der Waals surface area contributed by atoms with Crippen LogP contribution in [-0.4, -0.2) is 18.5 Å². The third-order valence-electron chi connectivity index (χ3n) is 2.82. The molecule has 0 fully saturated rings. The molecule has 0 bridgehead atoms. The van der Waals surface area contributed by atoms with Gasteiger partial charge in [-0.3, -0.25) is 4.79 Å². The fourth-order valence-corrected chi connectivity index (χ4v) is 1.89. The second-order valence-corrected chi connectivity index (χ2v) is 4.34. The van der Waals surface area contributed by atoms with Gasteiger partial charge in [0.1, 0.15) is 5.75 Å². The van der Waals surface area contributed by atoms with Crippen LogP contribution in [0.2, 0.25) is 0 Å². The zero-order valence-electron chi connectivity index (χ0n) is 11.7. The molecule has 0 aromatic heterocycles. The summed E-state index contributed by atoms with van der Waals surface area (Å²) in [4.78, 5) is 23.8. The molecular weight excluding hydrogens is 268 g/mol. The minimum atomic E-state index is -0.430. The molecule has 0 aliphatic rings. The molecule has 0 heterocycles. The third-order valence-corrected chi connectivity index (χ3v) is 2.82. The van der Waals surface area contributed by atoms with Gasteiger partial charge in [0.2, 0.25) is 0 Å². The molecule has 0 saturated heterocycles. The van der Waals surface area contributed by atoms with Gasteiger partial charge in [0, 0.05) is 0 Å². The molecule has 2 rings (SSSR count). The predicted octanol–water partition coefficient (Wildman–Crippen LogP) is 3.01. The van der Waals surface area contributed by atoms with Crippen LogP contribution in [0.15, 0.2) is 54.6 Å². The van der Waals surface area contributed by atoms with Gasteiger partial charge in [-0.1, -0.05) is 36.4 Å². The van der Waals surface area contributed by atoms with Gasteiger partial charge in [-0.2, -0.15) is 0 Å². The van der Waals surface area contributed by atoms with Crippen molar-refractivity contribution in [3.05, 3.63) is 65.7 Å². The SMILES string of the molecule is CCOC(=O)c1ccccc1CC(=O)Oc1ccccc1. The molecule has 0 atom stereocenters. The Morgan fingerprint density at radius 2 is 1.62 bits per heavy atom. The lowest BCUT2D eigenvalue weighted by atomic mass is 10.0. The van der Waals surface area contributed by atoms with E-state index in [9.17, 15) is 9.59 Å². The summed E-state index contributed by atoms with van der Waals surface area (Å²) < 4.78 is 10.2. The van der Waals surface area contributed by atoms with Gasteiger partial charge in [0.05, 0.1) is 18.6 Å². The van der Waals surface area contributed by atoms with Crippen molar-refractivity contribution in [2.75, 3.05) is 6.61 Å². The first-order chi connectivity index (χ1) is 10.2. The summed E-state index contributed by atoms with van der Waals surface area (Å²) in [6, 6.07) is 15.7. The Hall–Kier alpha value is -2.62. The van der Waals surface area contributed by atoms with E-state index in [1.54, 1.807) is 55.5 Å². The molecule has 0 aliphatic carbocycles. The molecule has 0 unspecified atom stereocenters. The van der Waals surface area contributed by atoms with Crippen molar-refractivity contribution in [1.82, 2.24) is 0 Å². The molecule has 0 N–H and O–H groups in total. The maximum absolute atomic E-state index is 11.9. The van der Waals surface area contributed by atoms with E-state index < -0.39 is 11.9 Å². The number of benzene rings is 2. The number of para-hydroxylation sites is 1. The first-order valence-corrected chi connectivity index (χ1v) is 6.71. The average Bonchev–Trinajstić information content (AvgIpc) is 2.49. The highest BCUT2D eigenvalue weighted by molar-refractivity contribution is 5.92. The maximum atomic E-state index is 11.9. The molecule has 4 heteroatoms. The normalized spacial score (nSPS) is 9.95. The molecule has 4 nitrogen and oxygen atoms in total. The molecule has 2 aromatic rings. The molecular formula is C17H16O4. The van der Waals surface area contributed by atoms with Gasteiger partial charge < -0.3 is 9.47 Å². The fraction of sp³-hybridized carbons (Fsp3) is 0.176. The van der Waals surface area contributed by atoms with Crippen molar-refractivity contribution >= 4 is 11.9 Å². The molecule has 0 spiro atoms. The van der Waals surface area contributed by atoms with E-state index in [4.69, 9.17) is 9.47 Å². The summed E-state index contributed by atoms with van der Waals surface area (Å²) in [5.41, 5.74) is 0.987. The van der Waals surface area contributed by atoms with Crippen LogP contribution in [0.1, 0.15) is 22.8 Å². The van der Waals surface area contributed by atoms with Crippen molar-refractivity contribution in [2.45, 2.75) is 13.3 Å². The predicted molar refractivity (Wildman–Crippen MR) is 78.2 cm³/mol. The monoisotopic (exact) mass is 284 g/mol. The molecule has 0 radical (unpaired) electrons. The number of rotatable bonds is 5. The summed E-state index contributed by atoms with van der Waals surface area (Å²) in [6.07, 6.45) is 0.0177. The van der Waals surface area contributed by atoms with Crippen LogP contribution in [0, 0.1) is 0 Å². The van der Waals surface area contributed by atoms with Crippen molar-refractivity contribution < 1.29 is 19.1 Å². The summed E-state index contributed by atoms with van der Waals surface area (Å²) in [6.45, 7) is 2.03. The largest absolute Gasteiger partial charge is 0.462 e. The van der Waals surface area contributed by atoms with Gasteiger partial charge >= 0.3 is 11.9 Å². The van der Waals surface area contributed by atoms with E-state index in [2.05, 4.69) is 0 Å². The van der Waals surface area contributed by atoms with E-state index in [1.807, 2.05) is 6.07 Å². The minimum absolute atomic E-state index is 0.0177. The van der Waals surface area contributed by atoms with Crippen LogP contribution in [0.25, 0.3) is 0 Å². The second kappa shape index (κ2) is 7.24. The third kappa shape index (κ3) is 4.18. The molecule has 0 saturated carbocycles. The van der Waals surface area contributed by atoms with Crippen molar-refractivity contribution in [3.63, 3.8) is 0 Å². The highest BCUT2D eigenvalue weighted by Crippen LogP contribution is 2.14. The van der Waals surface area contributed by atoms with Crippen molar-refractivity contribution in [1.29, 1.82) is 0 Å². The van der Waals surface area contributed by atoms with Gasteiger partial charge in [-0.15, -0.1) is 0 Å². The molecule has 21 heavy (non-hydrogen) atoms. The van der Waals surface area contributed by atoms with Crippen LogP contribution >= 0.6 is 0 Å². The fourth-order valence-electron chi connectivity index (χ4n) is 1.89. The highest BCUT2D eigenvalue weighted by atomic mass is 16.5. The first-order valence-electron chi connectivity index (χ1n) is 6.71. The van der Waals surface area contributed by atoms with Gasteiger partial charge in [-0.25, -0.2) is 4.79 Å².